The van der Waals surface area contributed by atoms with Gasteiger partial charge in [0.25, 0.3) is 0 Å². The Morgan fingerprint density at radius 3 is 2.62 bits per heavy atom. The highest BCUT2D eigenvalue weighted by atomic mass is 79.9. The van der Waals surface area contributed by atoms with E-state index in [1.165, 1.54) is 13.2 Å². The van der Waals surface area contributed by atoms with Gasteiger partial charge in [-0.2, -0.15) is 0 Å². The third-order valence-corrected chi connectivity index (χ3v) is 2.55. The van der Waals surface area contributed by atoms with E-state index in [1.54, 1.807) is 0 Å². The fourth-order valence-corrected chi connectivity index (χ4v) is 1.85. The first-order valence-electron chi connectivity index (χ1n) is 4.30. The molecule has 4 nitrogen and oxygen atoms in total. The largest absolute Gasteiger partial charge is 0.495 e. The van der Waals surface area contributed by atoms with Crippen molar-refractivity contribution in [3.8, 4) is 5.75 Å². The summed E-state index contributed by atoms with van der Waals surface area (Å²) in [7, 11) is 2.48. The molecule has 1 N–H and O–H groups in total. The van der Waals surface area contributed by atoms with Gasteiger partial charge in [-0.15, -0.1) is 0 Å². The summed E-state index contributed by atoms with van der Waals surface area (Å²) in [6.45, 7) is 0. The first-order valence-corrected chi connectivity index (χ1v) is 5.09. The summed E-state index contributed by atoms with van der Waals surface area (Å²) in [5.41, 5.74) is 0.0150. The number of aliphatic hydroxyl groups excluding tert-OH is 1. The van der Waals surface area contributed by atoms with Gasteiger partial charge in [-0.3, -0.25) is 0 Å². The standard InChI is InChI=1S/C10H10BrFO4/c1-15-9-6(8(13)10(14)16-2)3-5(12)4-7(9)11/h3-4,8,13H,1-2H3. The van der Waals surface area contributed by atoms with Crippen LogP contribution in [0.1, 0.15) is 11.7 Å². The minimum Gasteiger partial charge on any atom is -0.495 e. The van der Waals surface area contributed by atoms with Crippen LogP contribution in [0.4, 0.5) is 4.39 Å². The minimum atomic E-state index is -1.58. The number of ether oxygens (including phenoxy) is 2. The third-order valence-electron chi connectivity index (χ3n) is 1.96. The van der Waals surface area contributed by atoms with E-state index >= 15 is 0 Å². The summed E-state index contributed by atoms with van der Waals surface area (Å²) < 4.78 is 22.8. The summed E-state index contributed by atoms with van der Waals surface area (Å²) in [4.78, 5) is 11.1. The Labute approximate surface area is 100 Å². The fraction of sp³-hybridized carbons (Fsp3) is 0.300. The molecule has 0 radical (unpaired) electrons. The molecule has 1 unspecified atom stereocenters. The van der Waals surface area contributed by atoms with Crippen molar-refractivity contribution >= 4 is 21.9 Å². The molecule has 88 valence electrons. The van der Waals surface area contributed by atoms with E-state index in [-0.39, 0.29) is 11.3 Å². The van der Waals surface area contributed by atoms with Crippen LogP contribution in [-0.2, 0) is 9.53 Å². The number of carbonyl (C=O) groups is 1. The lowest BCUT2D eigenvalue weighted by Crippen LogP contribution is -2.14. The first kappa shape index (κ1) is 12.9. The maximum Gasteiger partial charge on any atom is 0.339 e. The highest BCUT2D eigenvalue weighted by Crippen LogP contribution is 2.34. The second kappa shape index (κ2) is 5.27. The van der Waals surface area contributed by atoms with Gasteiger partial charge in [0.15, 0.2) is 6.10 Å². The second-order valence-corrected chi connectivity index (χ2v) is 3.79. The maximum absolute atomic E-state index is 13.1. The zero-order valence-electron chi connectivity index (χ0n) is 8.66. The summed E-state index contributed by atoms with van der Waals surface area (Å²) in [6.07, 6.45) is -1.58. The Bertz CT molecular complexity index is 408. The number of carbonyl (C=O) groups excluding carboxylic acids is 1. The van der Waals surface area contributed by atoms with Crippen molar-refractivity contribution < 1.29 is 23.8 Å². The minimum absolute atomic E-state index is 0.0150. The monoisotopic (exact) mass is 292 g/mol. The predicted molar refractivity (Wildman–Crippen MR) is 57.6 cm³/mol. The molecule has 1 rings (SSSR count). The topological polar surface area (TPSA) is 55.8 Å². The average Bonchev–Trinajstić information content (AvgIpc) is 2.26. The quantitative estimate of drug-likeness (QED) is 0.863. The zero-order valence-corrected chi connectivity index (χ0v) is 10.2. The number of halogens is 2. The van der Waals surface area contributed by atoms with E-state index in [4.69, 9.17) is 4.74 Å². The van der Waals surface area contributed by atoms with E-state index in [1.807, 2.05) is 0 Å². The molecule has 1 aromatic carbocycles. The number of aliphatic hydroxyl groups is 1. The Hall–Kier alpha value is -1.14. The molecule has 16 heavy (non-hydrogen) atoms. The van der Waals surface area contributed by atoms with Gasteiger partial charge in [0.2, 0.25) is 0 Å². The molecule has 0 aliphatic heterocycles. The number of esters is 1. The van der Waals surface area contributed by atoms with E-state index in [0.717, 1.165) is 13.2 Å². The second-order valence-electron chi connectivity index (χ2n) is 2.94. The summed E-state index contributed by atoms with van der Waals surface area (Å²) >= 11 is 3.07. The van der Waals surface area contributed by atoms with Crippen LogP contribution < -0.4 is 4.74 Å². The number of rotatable bonds is 3. The maximum atomic E-state index is 13.1. The van der Waals surface area contributed by atoms with Crippen molar-refractivity contribution in [1.29, 1.82) is 0 Å². The van der Waals surface area contributed by atoms with Crippen molar-refractivity contribution in [2.24, 2.45) is 0 Å². The van der Waals surface area contributed by atoms with Crippen LogP contribution in [-0.4, -0.2) is 25.3 Å². The Kier molecular flexibility index (Phi) is 4.26. The fourth-order valence-electron chi connectivity index (χ4n) is 1.24. The molecule has 0 heterocycles. The number of hydrogen-bond acceptors (Lipinski definition) is 4. The van der Waals surface area contributed by atoms with E-state index in [9.17, 15) is 14.3 Å². The smallest absolute Gasteiger partial charge is 0.339 e. The highest BCUT2D eigenvalue weighted by Gasteiger charge is 2.24. The molecule has 0 aliphatic rings. The summed E-state index contributed by atoms with van der Waals surface area (Å²) in [5, 5.41) is 9.61. The van der Waals surface area contributed by atoms with Crippen LogP contribution in [0.2, 0.25) is 0 Å². The molecular formula is C10H10BrFO4. The normalized spacial score (nSPS) is 12.1. The van der Waals surface area contributed by atoms with Crippen LogP contribution in [0, 0.1) is 5.82 Å². The third kappa shape index (κ3) is 2.51. The van der Waals surface area contributed by atoms with Crippen molar-refractivity contribution in [3.05, 3.63) is 28.0 Å². The van der Waals surface area contributed by atoms with Crippen molar-refractivity contribution in [1.82, 2.24) is 0 Å². The molecule has 0 amide bonds. The number of methoxy groups -OCH3 is 2. The van der Waals surface area contributed by atoms with Crippen molar-refractivity contribution in [2.45, 2.75) is 6.10 Å². The molecule has 0 bridgehead atoms. The molecule has 0 aromatic heterocycles. The van der Waals surface area contributed by atoms with Gasteiger partial charge in [-0.1, -0.05) is 0 Å². The first-order chi connectivity index (χ1) is 7.51. The molecule has 0 saturated carbocycles. The molecule has 0 fully saturated rings. The Morgan fingerprint density at radius 1 is 1.50 bits per heavy atom. The molecule has 0 aliphatic carbocycles. The molecule has 1 aromatic rings. The summed E-state index contributed by atoms with van der Waals surface area (Å²) in [5.74, 6) is -1.28. The van der Waals surface area contributed by atoms with Crippen LogP contribution in [0.3, 0.4) is 0 Å². The number of hydrogen-bond donors (Lipinski definition) is 1. The predicted octanol–water partition coefficient (Wildman–Crippen LogP) is 1.80. The van der Waals surface area contributed by atoms with Gasteiger partial charge in [0, 0.05) is 5.56 Å². The van der Waals surface area contributed by atoms with Crippen LogP contribution >= 0.6 is 15.9 Å². The molecule has 0 spiro atoms. The lowest BCUT2D eigenvalue weighted by atomic mass is 10.1. The van der Waals surface area contributed by atoms with Crippen LogP contribution in [0.25, 0.3) is 0 Å². The van der Waals surface area contributed by atoms with Crippen molar-refractivity contribution in [3.63, 3.8) is 0 Å². The van der Waals surface area contributed by atoms with E-state index < -0.39 is 17.9 Å². The van der Waals surface area contributed by atoms with Gasteiger partial charge in [0.05, 0.1) is 18.7 Å². The number of benzene rings is 1. The lowest BCUT2D eigenvalue weighted by Gasteiger charge is -2.14. The zero-order chi connectivity index (χ0) is 12.3. The Morgan fingerprint density at radius 2 is 2.12 bits per heavy atom. The lowest BCUT2D eigenvalue weighted by molar-refractivity contribution is -0.150. The SMILES string of the molecule is COC(=O)C(O)c1cc(F)cc(Br)c1OC. The van der Waals surface area contributed by atoms with Gasteiger partial charge in [-0.05, 0) is 28.1 Å². The average molecular weight is 293 g/mol. The van der Waals surface area contributed by atoms with E-state index in [0.29, 0.717) is 4.47 Å². The van der Waals surface area contributed by atoms with Gasteiger partial charge >= 0.3 is 5.97 Å². The summed E-state index contributed by atoms with van der Waals surface area (Å²) in [6, 6.07) is 2.19. The highest BCUT2D eigenvalue weighted by molar-refractivity contribution is 9.10. The molecular weight excluding hydrogens is 283 g/mol. The van der Waals surface area contributed by atoms with Crippen LogP contribution in [0.15, 0.2) is 16.6 Å². The molecule has 1 atom stereocenters. The van der Waals surface area contributed by atoms with Gasteiger partial charge < -0.3 is 14.6 Å². The van der Waals surface area contributed by atoms with Crippen molar-refractivity contribution in [2.75, 3.05) is 14.2 Å². The van der Waals surface area contributed by atoms with Crippen LogP contribution in [0.5, 0.6) is 5.75 Å². The molecule has 0 saturated heterocycles. The molecule has 6 heteroatoms. The van der Waals surface area contributed by atoms with E-state index in [2.05, 4.69) is 20.7 Å². The van der Waals surface area contributed by atoms with Gasteiger partial charge in [0.1, 0.15) is 11.6 Å². The van der Waals surface area contributed by atoms with Gasteiger partial charge in [-0.25, -0.2) is 9.18 Å². The Balaban J connectivity index is 3.25.